The van der Waals surface area contributed by atoms with E-state index in [1.165, 1.54) is 16.8 Å². The third-order valence-electron chi connectivity index (χ3n) is 5.14. The Bertz CT molecular complexity index is 976. The van der Waals surface area contributed by atoms with Gasteiger partial charge in [-0.1, -0.05) is 23.7 Å². The van der Waals surface area contributed by atoms with E-state index in [2.05, 4.69) is 68.3 Å². The molecule has 1 aliphatic heterocycles. The van der Waals surface area contributed by atoms with Crippen LogP contribution >= 0.6 is 11.6 Å². The van der Waals surface area contributed by atoms with Crippen molar-refractivity contribution in [1.82, 2.24) is 5.43 Å². The van der Waals surface area contributed by atoms with Crippen LogP contribution in [0.25, 0.3) is 5.57 Å². The number of hydrogen-bond acceptors (Lipinski definition) is 3. The third-order valence-corrected chi connectivity index (χ3v) is 5.37. The van der Waals surface area contributed by atoms with Crippen molar-refractivity contribution in [2.75, 3.05) is 11.4 Å². The first-order valence-electron chi connectivity index (χ1n) is 9.44. The average molecular weight is 396 g/mol. The van der Waals surface area contributed by atoms with Gasteiger partial charge in [0.05, 0.1) is 11.8 Å². The molecule has 2 aromatic rings. The monoisotopic (exact) mass is 395 g/mol. The van der Waals surface area contributed by atoms with Crippen molar-refractivity contribution in [3.63, 3.8) is 0 Å². The number of fused-ring (bicyclic) bond motifs is 1. The maximum atomic E-state index is 12.2. The van der Waals surface area contributed by atoms with E-state index < -0.39 is 0 Å². The smallest absolute Gasteiger partial charge is 0.271 e. The first-order valence-corrected chi connectivity index (χ1v) is 9.82. The summed E-state index contributed by atoms with van der Waals surface area (Å²) in [4.78, 5) is 14.6. The third kappa shape index (κ3) is 3.97. The Balaban J connectivity index is 1.85. The fourth-order valence-corrected chi connectivity index (χ4v) is 4.01. The van der Waals surface area contributed by atoms with Crippen LogP contribution in [0.3, 0.4) is 0 Å². The molecular weight excluding hydrogens is 370 g/mol. The number of carbonyl (C=O) groups excluding carboxylic acids is 1. The van der Waals surface area contributed by atoms with Crippen molar-refractivity contribution >= 4 is 35.0 Å². The summed E-state index contributed by atoms with van der Waals surface area (Å²) in [5, 5.41) is 4.67. The minimum absolute atomic E-state index is 0.0151. The molecule has 3 rings (SSSR count). The Labute approximate surface area is 171 Å². The minimum Gasteiger partial charge on any atom is -0.363 e. The van der Waals surface area contributed by atoms with Crippen LogP contribution in [0.15, 0.2) is 47.6 Å². The SMILES string of the molecule is CCN1c2cc(C)c(/C=N\NC(=O)c3cccc(Cl)c3)cc2C(C)=CC1(C)C. The summed E-state index contributed by atoms with van der Waals surface area (Å²) < 4.78 is 0. The van der Waals surface area contributed by atoms with Gasteiger partial charge in [-0.2, -0.15) is 5.10 Å². The van der Waals surface area contributed by atoms with E-state index in [4.69, 9.17) is 11.6 Å². The summed E-state index contributed by atoms with van der Waals surface area (Å²) in [7, 11) is 0. The second-order valence-corrected chi connectivity index (χ2v) is 8.10. The van der Waals surface area contributed by atoms with Crippen molar-refractivity contribution < 1.29 is 4.79 Å². The van der Waals surface area contributed by atoms with Gasteiger partial charge in [-0.05, 0) is 81.7 Å². The first kappa shape index (κ1) is 20.2. The lowest BCUT2D eigenvalue weighted by atomic mass is 9.87. The molecule has 0 spiro atoms. The predicted octanol–water partition coefficient (Wildman–Crippen LogP) is 5.43. The van der Waals surface area contributed by atoms with Gasteiger partial charge in [0.2, 0.25) is 0 Å². The van der Waals surface area contributed by atoms with Gasteiger partial charge < -0.3 is 4.90 Å². The number of hydrazone groups is 1. The van der Waals surface area contributed by atoms with Crippen LogP contribution < -0.4 is 10.3 Å². The van der Waals surface area contributed by atoms with Crippen molar-refractivity contribution in [1.29, 1.82) is 0 Å². The molecule has 0 radical (unpaired) electrons. The molecule has 5 heteroatoms. The standard InChI is InChI=1S/C23H26ClN3O/c1-6-27-21-10-15(2)18(12-20(21)16(3)13-23(27,4)5)14-25-26-22(28)17-8-7-9-19(24)11-17/h7-14H,6H2,1-5H3,(H,26,28)/b25-14-. The number of carbonyl (C=O) groups is 1. The fraction of sp³-hybridized carbons (Fsp3) is 0.304. The van der Waals surface area contributed by atoms with E-state index in [0.29, 0.717) is 10.6 Å². The lowest BCUT2D eigenvalue weighted by Gasteiger charge is -2.43. The van der Waals surface area contributed by atoms with Gasteiger partial charge in [0.1, 0.15) is 0 Å². The Morgan fingerprint density at radius 1 is 1.25 bits per heavy atom. The van der Waals surface area contributed by atoms with Crippen molar-refractivity contribution in [2.24, 2.45) is 5.10 Å². The van der Waals surface area contributed by atoms with Gasteiger partial charge in [0.15, 0.2) is 0 Å². The highest BCUT2D eigenvalue weighted by molar-refractivity contribution is 6.30. The fourth-order valence-electron chi connectivity index (χ4n) is 3.82. The van der Waals surface area contributed by atoms with Crippen LogP contribution in [-0.2, 0) is 0 Å². The zero-order valence-electron chi connectivity index (χ0n) is 17.0. The van der Waals surface area contributed by atoms with Crippen molar-refractivity contribution in [2.45, 2.75) is 40.2 Å². The summed E-state index contributed by atoms with van der Waals surface area (Å²) in [5.41, 5.74) is 8.83. The summed E-state index contributed by atoms with van der Waals surface area (Å²) >= 11 is 5.94. The number of likely N-dealkylation sites (N-methyl/N-ethyl adjacent to an activating group) is 1. The highest BCUT2D eigenvalue weighted by Crippen LogP contribution is 2.39. The minimum atomic E-state index is -0.288. The van der Waals surface area contributed by atoms with Crippen LogP contribution in [-0.4, -0.2) is 24.2 Å². The number of allylic oxidation sites excluding steroid dienone is 1. The molecule has 4 nitrogen and oxygen atoms in total. The average Bonchev–Trinajstić information content (AvgIpc) is 2.62. The number of anilines is 1. The van der Waals surface area contributed by atoms with E-state index in [0.717, 1.165) is 17.7 Å². The van der Waals surface area contributed by atoms with Gasteiger partial charge in [-0.25, -0.2) is 5.43 Å². The summed E-state index contributed by atoms with van der Waals surface area (Å²) in [6.07, 6.45) is 4.00. The topological polar surface area (TPSA) is 44.7 Å². The largest absolute Gasteiger partial charge is 0.363 e. The highest BCUT2D eigenvalue weighted by Gasteiger charge is 2.30. The second-order valence-electron chi connectivity index (χ2n) is 7.66. The van der Waals surface area contributed by atoms with E-state index in [1.807, 2.05) is 0 Å². The molecular formula is C23H26ClN3O. The number of amides is 1. The maximum Gasteiger partial charge on any atom is 0.271 e. The quantitative estimate of drug-likeness (QED) is 0.553. The van der Waals surface area contributed by atoms with Gasteiger partial charge >= 0.3 is 0 Å². The maximum absolute atomic E-state index is 12.2. The number of aryl methyl sites for hydroxylation is 1. The number of hydrogen-bond donors (Lipinski definition) is 1. The van der Waals surface area contributed by atoms with Crippen molar-refractivity contribution in [3.8, 4) is 0 Å². The van der Waals surface area contributed by atoms with E-state index >= 15 is 0 Å². The predicted molar refractivity (Wildman–Crippen MR) is 118 cm³/mol. The van der Waals surface area contributed by atoms with Gasteiger partial charge in [0, 0.05) is 28.4 Å². The number of benzene rings is 2. The van der Waals surface area contributed by atoms with E-state index in [-0.39, 0.29) is 11.4 Å². The van der Waals surface area contributed by atoms with Crippen molar-refractivity contribution in [3.05, 3.63) is 69.8 Å². The molecule has 1 N–H and O–H groups in total. The summed E-state index contributed by atoms with van der Waals surface area (Å²) in [6.45, 7) is 11.8. The number of nitrogens with one attached hydrogen (secondary N) is 1. The lowest BCUT2D eigenvalue weighted by molar-refractivity contribution is 0.0955. The van der Waals surface area contributed by atoms with Crippen LogP contribution in [0.2, 0.25) is 5.02 Å². The lowest BCUT2D eigenvalue weighted by Crippen LogP contribution is -2.45. The summed E-state index contributed by atoms with van der Waals surface area (Å²) in [6, 6.07) is 11.1. The molecule has 146 valence electrons. The zero-order valence-corrected chi connectivity index (χ0v) is 17.8. The Morgan fingerprint density at radius 2 is 2.00 bits per heavy atom. The molecule has 0 saturated carbocycles. The Hall–Kier alpha value is -2.59. The molecule has 0 aromatic heterocycles. The van der Waals surface area contributed by atoms with Gasteiger partial charge in [-0.3, -0.25) is 4.79 Å². The van der Waals surface area contributed by atoms with Crippen LogP contribution in [0.4, 0.5) is 5.69 Å². The van der Waals surface area contributed by atoms with E-state index in [9.17, 15) is 4.79 Å². The van der Waals surface area contributed by atoms with Crippen LogP contribution in [0.1, 0.15) is 54.7 Å². The summed E-state index contributed by atoms with van der Waals surface area (Å²) in [5.74, 6) is -0.288. The molecule has 2 aromatic carbocycles. The highest BCUT2D eigenvalue weighted by atomic mass is 35.5. The zero-order chi connectivity index (χ0) is 20.5. The Kier molecular flexibility index (Phi) is 5.61. The normalized spacial score (nSPS) is 15.4. The molecule has 0 atom stereocenters. The molecule has 0 aliphatic carbocycles. The molecule has 1 aliphatic rings. The van der Waals surface area contributed by atoms with Crippen LogP contribution in [0.5, 0.6) is 0 Å². The van der Waals surface area contributed by atoms with E-state index in [1.54, 1.807) is 30.5 Å². The number of rotatable bonds is 4. The molecule has 1 heterocycles. The molecule has 0 fully saturated rings. The molecule has 0 unspecified atom stereocenters. The Morgan fingerprint density at radius 3 is 2.68 bits per heavy atom. The molecule has 0 bridgehead atoms. The van der Waals surface area contributed by atoms with Gasteiger partial charge in [-0.15, -0.1) is 0 Å². The van der Waals surface area contributed by atoms with Gasteiger partial charge in [0.25, 0.3) is 5.91 Å². The first-order chi connectivity index (χ1) is 13.2. The number of nitrogens with zero attached hydrogens (tertiary/aromatic N) is 2. The second kappa shape index (κ2) is 7.80. The van der Waals surface area contributed by atoms with Crippen LogP contribution in [0, 0.1) is 6.92 Å². The molecule has 0 saturated heterocycles. The molecule has 28 heavy (non-hydrogen) atoms. The molecule has 1 amide bonds. The number of halogens is 1.